The van der Waals surface area contributed by atoms with Crippen molar-refractivity contribution in [2.75, 3.05) is 0 Å². The third kappa shape index (κ3) is 31.3. The van der Waals surface area contributed by atoms with Crippen molar-refractivity contribution in [2.45, 2.75) is 130 Å². The molecule has 0 saturated carbocycles. The second kappa shape index (κ2) is 47.8. The van der Waals surface area contributed by atoms with E-state index in [1.807, 2.05) is 135 Å². The summed E-state index contributed by atoms with van der Waals surface area (Å²) < 4.78 is 14.3. The minimum atomic E-state index is -0.482. The van der Waals surface area contributed by atoms with Gasteiger partial charge in [-0.05, 0) is 70.3 Å². The van der Waals surface area contributed by atoms with Crippen LogP contribution in [-0.2, 0) is 94.1 Å². The predicted molar refractivity (Wildman–Crippen MR) is 408 cm³/mol. The first-order valence-electron chi connectivity index (χ1n) is 31.5. The number of hydrogen-bond acceptors (Lipinski definition) is 23. The van der Waals surface area contributed by atoms with Crippen LogP contribution in [0.4, 0.5) is 0 Å². The summed E-state index contributed by atoms with van der Waals surface area (Å²) in [5, 5.41) is 47.0. The zero-order chi connectivity index (χ0) is 79.2. The first-order valence-corrected chi connectivity index (χ1v) is 35.2. The lowest BCUT2D eigenvalue weighted by molar-refractivity contribution is -0.143. The number of Topliss-reactive ketones (excluding diaryl/α,β-unsaturated/α-hetero) is 2. The van der Waals surface area contributed by atoms with E-state index in [9.17, 15) is 39.1 Å². The summed E-state index contributed by atoms with van der Waals surface area (Å²) in [6, 6.07) is 44.9. The molecule has 1 amide bonds. The number of primary amides is 1. The quantitative estimate of drug-likeness (QED) is 0.0111. The van der Waals surface area contributed by atoms with Crippen molar-refractivity contribution in [3.8, 4) is 24.3 Å². The first kappa shape index (κ1) is 90.7. The lowest BCUT2D eigenvalue weighted by Gasteiger charge is -2.12. The Kier molecular flexibility index (Phi) is 40.9. The fraction of sp³-hybridized carbons (Fsp3) is 0.270. The number of carbonyl (C=O) groups excluding carboxylic acids is 6. The molecule has 0 spiro atoms. The number of fused-ring (bicyclic) bond motifs is 1. The van der Waals surface area contributed by atoms with Gasteiger partial charge in [0.05, 0.1) is 84.0 Å². The van der Waals surface area contributed by atoms with Gasteiger partial charge in [0.1, 0.15) is 77.0 Å². The van der Waals surface area contributed by atoms with Crippen LogP contribution in [0.3, 0.4) is 0 Å². The number of aliphatic hydroxyl groups excluding tert-OH is 1. The predicted octanol–water partition coefficient (Wildman–Crippen LogP) is 14.4. The number of pyridine rings is 5. The third-order valence-electron chi connectivity index (χ3n) is 14.4. The van der Waals surface area contributed by atoms with Crippen LogP contribution in [0.2, 0.25) is 35.5 Å². The van der Waals surface area contributed by atoms with Crippen molar-refractivity contribution >= 4 is 138 Å². The highest BCUT2D eigenvalue weighted by molar-refractivity contribution is 9.08. The van der Waals surface area contributed by atoms with Gasteiger partial charge >= 0.3 is 17.9 Å². The molecule has 24 nitrogen and oxygen atoms in total. The van der Waals surface area contributed by atoms with E-state index in [4.69, 9.17) is 123 Å². The molecule has 5 aromatic heterocycles. The highest BCUT2D eigenvalue weighted by Crippen LogP contribution is 2.29. The zero-order valence-electron chi connectivity index (χ0n) is 58.0. The number of amidine groups is 1. The van der Waals surface area contributed by atoms with Crippen molar-refractivity contribution in [2.24, 2.45) is 28.1 Å². The molecule has 0 saturated heterocycles. The number of ether oxygens (including phenoxy) is 3. The second-order valence-electron chi connectivity index (χ2n) is 22.5. The van der Waals surface area contributed by atoms with Gasteiger partial charge in [0, 0.05) is 75.2 Å². The molecule has 0 aliphatic carbocycles. The van der Waals surface area contributed by atoms with Crippen molar-refractivity contribution in [1.82, 2.24) is 24.9 Å². The number of alkyl halides is 1. The Bertz CT molecular complexity index is 4480. The topological polar surface area (TPSA) is 426 Å². The van der Waals surface area contributed by atoms with Crippen LogP contribution in [0, 0.1) is 45.3 Å². The van der Waals surface area contributed by atoms with E-state index in [1.54, 1.807) is 0 Å². The molecule has 9 N–H and O–H groups in total. The molecular weight excluding hydrogens is 1570 g/mol. The molecule has 0 fully saturated rings. The number of esters is 3. The van der Waals surface area contributed by atoms with E-state index in [2.05, 4.69) is 64.5 Å². The maximum atomic E-state index is 12.4. The number of rotatable bonds is 21. The van der Waals surface area contributed by atoms with Crippen LogP contribution in [0.5, 0.6) is 0 Å². The van der Waals surface area contributed by atoms with E-state index in [1.165, 1.54) is 45.0 Å². The molecule has 0 radical (unpaired) electrons. The molecule has 0 bridgehead atoms. The number of halogens is 8. The molecule has 0 unspecified atom stereocenters. The van der Waals surface area contributed by atoms with E-state index >= 15 is 0 Å². The molecule has 3 atom stereocenters. The maximum Gasteiger partial charge on any atom is 0.303 e. The Hall–Kier alpha value is -9.55. The minimum absolute atomic E-state index is 0.0214. The summed E-state index contributed by atoms with van der Waals surface area (Å²) in [5.74, 6) is 7.41. The number of carbonyl (C=O) groups is 6. The fourth-order valence-corrected chi connectivity index (χ4v) is 11.8. The number of aliphatic hydroxyl groups is 1. The van der Waals surface area contributed by atoms with Crippen molar-refractivity contribution in [1.29, 1.82) is 21.0 Å². The standard InChI is InChI=1S/C20H19ClN2O3.C19H21N3O2.C10H13NO.2C9H6Cl2N2O2.C7H3BrCl2N2.H4N2/c1-13(15-6-4-3-5-7-15)8-17(25)9-16-10-19(21)18(11-22)20(23-16)12-26-14(2)24;1-12(13-5-3-2-4-6-13)7-16(24)9-15-8-14-10-21-19(20)18(14)17(11-23)22-15;1-8(7-10(11)12)9-5-3-2-4-6-9;2*1-5(14)15-4-8-6(3-12)7(10)2-9(11)13-8;8-2-6-4(3-11)5(9)1-7(10)12-6;1-2/h3-7,10,13H,8-9,12H2,1-2H3;2-6,8,12,23H,7,9-11H2,1H3,(H2,20,21);2-6,8H,7H2,1H3,(H2,11,12);2*2H,4H2,1H3;1H,2H2;1-2H2/t13-;12-;8-;;;;/m000..../s1. The summed E-state index contributed by atoms with van der Waals surface area (Å²) in [7, 11) is 0. The highest BCUT2D eigenvalue weighted by Gasteiger charge is 2.23. The molecule has 1 aliphatic heterocycles. The number of aliphatic imine (C=N–C) groups is 1. The van der Waals surface area contributed by atoms with Gasteiger partial charge in [0.25, 0.3) is 0 Å². The van der Waals surface area contributed by atoms with Crippen LogP contribution in [0.1, 0.15) is 168 Å². The minimum Gasteiger partial charge on any atom is -0.459 e. The van der Waals surface area contributed by atoms with Gasteiger partial charge in [-0.3, -0.25) is 55.4 Å². The first-order chi connectivity index (χ1) is 50.4. The molecule has 554 valence electrons. The van der Waals surface area contributed by atoms with E-state index in [0.717, 1.165) is 27.8 Å². The number of nitrogens with zero attached hydrogens (tertiary/aromatic N) is 10. The van der Waals surface area contributed by atoms with Crippen LogP contribution in [0.25, 0.3) is 0 Å². The average Bonchev–Trinajstić information content (AvgIpc) is 1.63. The summed E-state index contributed by atoms with van der Waals surface area (Å²) >= 11 is 43.5. The largest absolute Gasteiger partial charge is 0.459 e. The number of benzene rings is 3. The maximum absolute atomic E-state index is 12.4. The highest BCUT2D eigenvalue weighted by atomic mass is 79.9. The molecule has 3 aromatic carbocycles. The van der Waals surface area contributed by atoms with E-state index in [-0.39, 0.29) is 134 Å². The van der Waals surface area contributed by atoms with Crippen LogP contribution < -0.4 is 23.2 Å². The zero-order valence-corrected chi connectivity index (χ0v) is 64.9. The molecule has 32 heteroatoms. The average molecular weight is 1650 g/mol. The SMILES string of the molecule is CC(=O)OCc1nc(CC(=O)C[C@H](C)c2ccccc2)cc(Cl)c1C#N.CC(=O)OCc1nc(Cl)cc(Cl)c1C#N.CC(=O)OCc1nc(Cl)cc(Cl)c1C#N.C[C@@H](CC(=O)Cc1cc2c(c(CO)n1)C(N)=NC2)c1ccccc1.C[C@@H](CC(N)=O)c1ccccc1.N#Cc1c(Cl)cc(Cl)nc1CBr.NN. The molecule has 9 rings (SSSR count). The lowest BCUT2D eigenvalue weighted by Crippen LogP contribution is -2.16. The Morgan fingerprint density at radius 2 is 0.802 bits per heavy atom. The number of aromatic nitrogens is 5. The molecule has 6 heterocycles. The van der Waals surface area contributed by atoms with E-state index < -0.39 is 17.9 Å². The number of ketones is 2. The van der Waals surface area contributed by atoms with Crippen molar-refractivity contribution < 1.29 is 48.1 Å². The summed E-state index contributed by atoms with van der Waals surface area (Å²) in [6.45, 7) is 9.74. The van der Waals surface area contributed by atoms with E-state index in [0.29, 0.717) is 75.5 Å². The van der Waals surface area contributed by atoms with Gasteiger partial charge in [-0.15, -0.1) is 0 Å². The van der Waals surface area contributed by atoms with Gasteiger partial charge in [-0.1, -0.05) is 209 Å². The summed E-state index contributed by atoms with van der Waals surface area (Å²) in [4.78, 5) is 92.1. The van der Waals surface area contributed by atoms with Crippen molar-refractivity contribution in [3.63, 3.8) is 0 Å². The van der Waals surface area contributed by atoms with Gasteiger partial charge in [0.15, 0.2) is 0 Å². The number of nitriles is 4. The van der Waals surface area contributed by atoms with Gasteiger partial charge in [0.2, 0.25) is 5.91 Å². The van der Waals surface area contributed by atoms with Crippen LogP contribution in [-0.4, -0.2) is 71.2 Å². The van der Waals surface area contributed by atoms with Gasteiger partial charge in [-0.2, -0.15) is 21.0 Å². The number of amides is 1. The third-order valence-corrected chi connectivity index (χ3v) is 16.8. The lowest BCUT2D eigenvalue weighted by atomic mass is 9.94. The van der Waals surface area contributed by atoms with Crippen LogP contribution >= 0.6 is 97.1 Å². The molecule has 1 aliphatic rings. The fourth-order valence-electron chi connectivity index (χ4n) is 9.54. The number of nitrogens with two attached hydrogens (primary N) is 4. The van der Waals surface area contributed by atoms with Gasteiger partial charge < -0.3 is 30.8 Å². The summed E-state index contributed by atoms with van der Waals surface area (Å²) in [5.41, 5.74) is 19.8. The monoisotopic (exact) mass is 1640 g/mol. The smallest absolute Gasteiger partial charge is 0.303 e. The van der Waals surface area contributed by atoms with Crippen LogP contribution in [0.15, 0.2) is 126 Å². The summed E-state index contributed by atoms with van der Waals surface area (Å²) in [6.07, 6.45) is 1.63. The number of hydrogen-bond donors (Lipinski definition) is 5. The molecule has 106 heavy (non-hydrogen) atoms. The Balaban J connectivity index is 0.000000337. The van der Waals surface area contributed by atoms with Crippen molar-refractivity contribution in [3.05, 3.63) is 247 Å². The molecular formula is C74H72BrCl7N14O10. The normalized spacial score (nSPS) is 11.2. The Morgan fingerprint density at radius 3 is 1.13 bits per heavy atom. The van der Waals surface area contributed by atoms with Gasteiger partial charge in [-0.25, -0.2) is 15.0 Å². The Morgan fingerprint density at radius 1 is 0.491 bits per heavy atom. The second-order valence-corrected chi connectivity index (χ2v) is 25.8. The molecule has 8 aromatic rings. The Labute approximate surface area is 656 Å². The number of hydrazine groups is 1.